The molecule has 6 nitrogen and oxygen atoms in total. The van der Waals surface area contributed by atoms with Crippen LogP contribution in [0.4, 0.5) is 4.79 Å². The van der Waals surface area contributed by atoms with Crippen LogP contribution in [0.3, 0.4) is 0 Å². The lowest BCUT2D eigenvalue weighted by molar-refractivity contribution is -0.138. The summed E-state index contributed by atoms with van der Waals surface area (Å²) in [4.78, 5) is 23.8. The topological polar surface area (TPSA) is 81.7 Å². The van der Waals surface area contributed by atoms with Gasteiger partial charge in [0.2, 0.25) is 0 Å². The van der Waals surface area contributed by atoms with Gasteiger partial charge in [0.25, 0.3) is 0 Å². The number of nitrogens with one attached hydrogen (secondary N) is 2. The second-order valence-electron chi connectivity index (χ2n) is 4.59. The monoisotopic (exact) mass is 231 g/mol. The number of carbonyl (C=O) groups is 2. The van der Waals surface area contributed by atoms with Crippen molar-refractivity contribution in [1.29, 1.82) is 0 Å². The molecule has 0 aliphatic rings. The molecule has 94 valence electrons. The van der Waals surface area contributed by atoms with Gasteiger partial charge in [0, 0.05) is 12.1 Å². The molecule has 0 aromatic rings. The van der Waals surface area contributed by atoms with Crippen LogP contribution in [0.2, 0.25) is 0 Å². The molecule has 0 spiro atoms. The lowest BCUT2D eigenvalue weighted by Gasteiger charge is -2.32. The van der Waals surface area contributed by atoms with Gasteiger partial charge in [0.1, 0.15) is 6.04 Å². The van der Waals surface area contributed by atoms with Gasteiger partial charge in [0.15, 0.2) is 0 Å². The molecule has 0 rings (SSSR count). The number of hydrogen-bond donors (Lipinski definition) is 3. The number of carboxylic acid groups (broad SMARTS) is 1. The van der Waals surface area contributed by atoms with Gasteiger partial charge < -0.3 is 20.6 Å². The minimum Gasteiger partial charge on any atom is -0.480 e. The number of urea groups is 1. The van der Waals surface area contributed by atoms with E-state index in [0.717, 1.165) is 0 Å². The summed E-state index contributed by atoms with van der Waals surface area (Å²) >= 11 is 0. The lowest BCUT2D eigenvalue weighted by Crippen LogP contribution is -2.52. The minimum atomic E-state index is -1.05. The van der Waals surface area contributed by atoms with Crippen molar-refractivity contribution in [2.75, 3.05) is 20.6 Å². The van der Waals surface area contributed by atoms with Crippen molar-refractivity contribution in [3.05, 3.63) is 0 Å². The Morgan fingerprint density at radius 1 is 1.38 bits per heavy atom. The number of hydrogen-bond acceptors (Lipinski definition) is 3. The molecule has 0 saturated carbocycles. The second-order valence-corrected chi connectivity index (χ2v) is 4.59. The molecule has 1 unspecified atom stereocenters. The van der Waals surface area contributed by atoms with Gasteiger partial charge in [-0.05, 0) is 34.9 Å². The SMILES string of the molecule is CC(NC(=O)NCC(C)(C)N(C)C)C(=O)O. The van der Waals surface area contributed by atoms with Crippen LogP contribution >= 0.6 is 0 Å². The standard InChI is InChI=1S/C10H21N3O3/c1-7(8(14)15)12-9(16)11-6-10(2,3)13(4)5/h7H,6H2,1-5H3,(H,14,15)(H2,11,12,16). The number of carbonyl (C=O) groups excluding carboxylic acids is 1. The molecule has 0 aliphatic carbocycles. The predicted octanol–water partition coefficient (Wildman–Crippen LogP) is 0.0989. The Bertz CT molecular complexity index is 264. The van der Waals surface area contributed by atoms with Crippen LogP contribution in [0.1, 0.15) is 20.8 Å². The van der Waals surface area contributed by atoms with E-state index in [1.165, 1.54) is 6.92 Å². The molecule has 0 bridgehead atoms. The molecular formula is C10H21N3O3. The Morgan fingerprint density at radius 3 is 2.25 bits per heavy atom. The van der Waals surface area contributed by atoms with Crippen LogP contribution < -0.4 is 10.6 Å². The molecule has 1 atom stereocenters. The van der Waals surface area contributed by atoms with Gasteiger partial charge in [-0.25, -0.2) is 4.79 Å². The summed E-state index contributed by atoms with van der Waals surface area (Å²) in [5.41, 5.74) is -0.177. The van der Waals surface area contributed by atoms with E-state index in [1.54, 1.807) is 0 Å². The van der Waals surface area contributed by atoms with E-state index in [0.29, 0.717) is 6.54 Å². The van der Waals surface area contributed by atoms with Gasteiger partial charge in [-0.2, -0.15) is 0 Å². The maximum Gasteiger partial charge on any atom is 0.325 e. The van der Waals surface area contributed by atoms with E-state index >= 15 is 0 Å². The largest absolute Gasteiger partial charge is 0.480 e. The van der Waals surface area contributed by atoms with Crippen molar-refractivity contribution >= 4 is 12.0 Å². The summed E-state index contributed by atoms with van der Waals surface area (Å²) in [5, 5.41) is 13.6. The first-order chi connectivity index (χ1) is 7.16. The van der Waals surface area contributed by atoms with Crippen LogP contribution in [0.5, 0.6) is 0 Å². The zero-order chi connectivity index (χ0) is 12.9. The predicted molar refractivity (Wildman–Crippen MR) is 61.4 cm³/mol. The molecular weight excluding hydrogens is 210 g/mol. The smallest absolute Gasteiger partial charge is 0.325 e. The maximum absolute atomic E-state index is 11.3. The number of likely N-dealkylation sites (N-methyl/N-ethyl adjacent to an activating group) is 1. The van der Waals surface area contributed by atoms with Crippen molar-refractivity contribution in [3.8, 4) is 0 Å². The fourth-order valence-corrected chi connectivity index (χ4v) is 0.764. The summed E-state index contributed by atoms with van der Waals surface area (Å²) in [6, 6.07) is -1.35. The highest BCUT2D eigenvalue weighted by Gasteiger charge is 2.22. The van der Waals surface area contributed by atoms with Crippen molar-refractivity contribution in [1.82, 2.24) is 15.5 Å². The third-order valence-corrected chi connectivity index (χ3v) is 2.61. The van der Waals surface area contributed by atoms with Gasteiger partial charge in [-0.15, -0.1) is 0 Å². The molecule has 0 aromatic carbocycles. The van der Waals surface area contributed by atoms with Crippen LogP contribution in [-0.4, -0.2) is 54.2 Å². The second kappa shape index (κ2) is 5.69. The van der Waals surface area contributed by atoms with Crippen LogP contribution in [0.25, 0.3) is 0 Å². The highest BCUT2D eigenvalue weighted by atomic mass is 16.4. The highest BCUT2D eigenvalue weighted by Crippen LogP contribution is 2.07. The number of rotatable bonds is 5. The molecule has 0 aromatic heterocycles. The summed E-state index contributed by atoms with van der Waals surface area (Å²) in [6.07, 6.45) is 0. The van der Waals surface area contributed by atoms with E-state index in [2.05, 4.69) is 10.6 Å². The Balaban J connectivity index is 4.04. The quantitative estimate of drug-likeness (QED) is 0.626. The summed E-state index contributed by atoms with van der Waals surface area (Å²) in [7, 11) is 3.83. The minimum absolute atomic E-state index is 0.177. The maximum atomic E-state index is 11.3. The molecule has 3 N–H and O–H groups in total. The van der Waals surface area contributed by atoms with E-state index < -0.39 is 18.0 Å². The molecule has 0 heterocycles. The van der Waals surface area contributed by atoms with Crippen molar-refractivity contribution < 1.29 is 14.7 Å². The Labute approximate surface area is 96.0 Å². The first-order valence-corrected chi connectivity index (χ1v) is 5.11. The summed E-state index contributed by atoms with van der Waals surface area (Å²) in [5.74, 6) is -1.05. The van der Waals surface area contributed by atoms with Crippen LogP contribution in [-0.2, 0) is 4.79 Å². The number of amides is 2. The molecule has 0 saturated heterocycles. The van der Waals surface area contributed by atoms with Gasteiger partial charge >= 0.3 is 12.0 Å². The lowest BCUT2D eigenvalue weighted by atomic mass is 10.1. The molecule has 16 heavy (non-hydrogen) atoms. The molecule has 0 radical (unpaired) electrons. The molecule has 0 aliphatic heterocycles. The first-order valence-electron chi connectivity index (χ1n) is 5.11. The van der Waals surface area contributed by atoms with Gasteiger partial charge in [-0.1, -0.05) is 0 Å². The normalized spacial score (nSPS) is 13.4. The van der Waals surface area contributed by atoms with Crippen molar-refractivity contribution in [2.45, 2.75) is 32.4 Å². The van der Waals surface area contributed by atoms with Gasteiger partial charge in [0.05, 0.1) is 0 Å². The first kappa shape index (κ1) is 14.7. The third kappa shape index (κ3) is 4.97. The fraction of sp³-hybridized carbons (Fsp3) is 0.800. The average Bonchev–Trinajstić information content (AvgIpc) is 2.14. The summed E-state index contributed by atoms with van der Waals surface area (Å²) < 4.78 is 0. The van der Waals surface area contributed by atoms with E-state index in [9.17, 15) is 9.59 Å². The van der Waals surface area contributed by atoms with Crippen molar-refractivity contribution in [3.63, 3.8) is 0 Å². The molecule has 6 heteroatoms. The van der Waals surface area contributed by atoms with E-state index in [-0.39, 0.29) is 5.54 Å². The Hall–Kier alpha value is -1.30. The number of carboxylic acids is 1. The van der Waals surface area contributed by atoms with Crippen molar-refractivity contribution in [2.24, 2.45) is 0 Å². The number of nitrogens with zero attached hydrogens (tertiary/aromatic N) is 1. The summed E-state index contributed by atoms with van der Waals surface area (Å²) in [6.45, 7) is 5.82. The number of aliphatic carboxylic acids is 1. The fourth-order valence-electron chi connectivity index (χ4n) is 0.764. The van der Waals surface area contributed by atoms with E-state index in [4.69, 9.17) is 5.11 Å². The molecule has 0 fully saturated rings. The van der Waals surface area contributed by atoms with Crippen LogP contribution in [0, 0.1) is 0 Å². The Kier molecular flexibility index (Phi) is 5.23. The zero-order valence-electron chi connectivity index (χ0n) is 10.5. The zero-order valence-corrected chi connectivity index (χ0v) is 10.5. The molecule has 2 amide bonds. The highest BCUT2D eigenvalue weighted by molar-refractivity contribution is 5.82. The van der Waals surface area contributed by atoms with Gasteiger partial charge in [-0.3, -0.25) is 4.79 Å². The Morgan fingerprint density at radius 2 is 1.88 bits per heavy atom. The third-order valence-electron chi connectivity index (χ3n) is 2.61. The average molecular weight is 231 g/mol. The van der Waals surface area contributed by atoms with Crippen LogP contribution in [0.15, 0.2) is 0 Å². The van der Waals surface area contributed by atoms with E-state index in [1.807, 2.05) is 32.8 Å².